The van der Waals surface area contributed by atoms with Gasteiger partial charge in [-0.3, -0.25) is 9.88 Å². The molecule has 2 aliphatic rings. The number of aliphatic hydroxyl groups is 2. The first-order valence-electron chi connectivity index (χ1n) is 9.85. The van der Waals surface area contributed by atoms with Gasteiger partial charge >= 0.3 is 0 Å². The van der Waals surface area contributed by atoms with Gasteiger partial charge in [-0.05, 0) is 54.5 Å². The van der Waals surface area contributed by atoms with Crippen LogP contribution in [-0.4, -0.2) is 57.5 Å². The Morgan fingerprint density at radius 3 is 2.61 bits per heavy atom. The van der Waals surface area contributed by atoms with E-state index in [1.165, 1.54) is 6.20 Å². The van der Waals surface area contributed by atoms with Gasteiger partial charge in [0.2, 0.25) is 0 Å². The molecule has 3 N–H and O–H groups in total. The van der Waals surface area contributed by atoms with Gasteiger partial charge < -0.3 is 20.1 Å². The molecular weight excluding hydrogens is 356 g/mol. The van der Waals surface area contributed by atoms with E-state index in [4.69, 9.17) is 4.74 Å². The van der Waals surface area contributed by atoms with Gasteiger partial charge in [-0.1, -0.05) is 12.1 Å². The lowest BCUT2D eigenvalue weighted by Crippen LogP contribution is -2.33. The summed E-state index contributed by atoms with van der Waals surface area (Å²) in [6.07, 6.45) is 2.92. The van der Waals surface area contributed by atoms with E-state index in [0.29, 0.717) is 30.5 Å². The first kappa shape index (κ1) is 19.2. The Bertz CT molecular complexity index is 796. The van der Waals surface area contributed by atoms with Crippen molar-refractivity contribution in [2.75, 3.05) is 26.7 Å². The number of likely N-dealkylation sites (tertiary alicyclic amines) is 1. The largest absolute Gasteiger partial charge is 0.506 e. The number of β-amino-alcohol motifs (C(OH)–C–C–N with tert-alkyl or cyclic N) is 1. The molecule has 2 fully saturated rings. The molecule has 6 heteroatoms. The summed E-state index contributed by atoms with van der Waals surface area (Å²) in [6, 6.07) is 11.1. The first-order valence-corrected chi connectivity index (χ1v) is 9.85. The normalized spacial score (nSPS) is 28.2. The van der Waals surface area contributed by atoms with E-state index >= 15 is 0 Å². The maximum absolute atomic E-state index is 11.1. The van der Waals surface area contributed by atoms with Crippen LogP contribution in [0.3, 0.4) is 0 Å². The zero-order chi connectivity index (χ0) is 19.7. The molecule has 0 bridgehead atoms. The van der Waals surface area contributed by atoms with Gasteiger partial charge in [0.1, 0.15) is 17.6 Å². The summed E-state index contributed by atoms with van der Waals surface area (Å²) in [7, 11) is 1.66. The molecule has 1 saturated heterocycles. The van der Waals surface area contributed by atoms with Crippen LogP contribution in [0.4, 0.5) is 0 Å². The molecule has 0 radical (unpaired) electrons. The van der Waals surface area contributed by atoms with E-state index in [9.17, 15) is 15.3 Å². The fourth-order valence-electron chi connectivity index (χ4n) is 4.95. The number of hydrogen-bond donors (Lipinski definition) is 3. The van der Waals surface area contributed by atoms with E-state index in [-0.39, 0.29) is 5.75 Å². The fraction of sp³-hybridized carbons (Fsp3) is 0.500. The summed E-state index contributed by atoms with van der Waals surface area (Å²) in [5.74, 6) is 1.83. The van der Waals surface area contributed by atoms with Gasteiger partial charge in [0.15, 0.2) is 0 Å². The van der Waals surface area contributed by atoms with Crippen molar-refractivity contribution in [2.45, 2.75) is 31.0 Å². The van der Waals surface area contributed by atoms with Crippen LogP contribution in [0.2, 0.25) is 0 Å². The summed E-state index contributed by atoms with van der Waals surface area (Å²) in [4.78, 5) is 6.36. The summed E-state index contributed by atoms with van der Waals surface area (Å²) in [6.45, 7) is 2.31. The third kappa shape index (κ3) is 4.14. The van der Waals surface area contributed by atoms with E-state index in [1.54, 1.807) is 19.2 Å². The quantitative estimate of drug-likeness (QED) is 0.708. The van der Waals surface area contributed by atoms with Gasteiger partial charge in [-0.25, -0.2) is 0 Å². The smallest absolute Gasteiger partial charge is 0.133 e. The van der Waals surface area contributed by atoms with Crippen LogP contribution in [0.1, 0.15) is 30.2 Å². The van der Waals surface area contributed by atoms with E-state index in [1.807, 2.05) is 24.3 Å². The third-order valence-electron chi connectivity index (χ3n) is 6.15. The molecule has 1 aromatic heterocycles. The molecule has 2 aromatic rings. The maximum atomic E-state index is 11.1. The van der Waals surface area contributed by atoms with Crippen molar-refractivity contribution in [1.82, 2.24) is 9.88 Å². The first-order chi connectivity index (χ1) is 13.4. The van der Waals surface area contributed by atoms with Crippen molar-refractivity contribution < 1.29 is 20.1 Å². The Morgan fingerprint density at radius 2 is 1.96 bits per heavy atom. The third-order valence-corrected chi connectivity index (χ3v) is 6.15. The highest BCUT2D eigenvalue weighted by Crippen LogP contribution is 2.45. The maximum Gasteiger partial charge on any atom is 0.133 e. The van der Waals surface area contributed by atoms with Gasteiger partial charge in [0.25, 0.3) is 0 Å². The second-order valence-electron chi connectivity index (χ2n) is 8.36. The minimum Gasteiger partial charge on any atom is -0.506 e. The molecule has 0 amide bonds. The Balaban J connectivity index is 1.33. The Labute approximate surface area is 165 Å². The molecule has 1 aliphatic carbocycles. The minimum atomic E-state index is -0.671. The SMILES string of the molecule is COc1cccc(CC2(O)C[C@H]3CN(CC(O)c4ccc(O)cn4)C[C@H]3C2)c1. The van der Waals surface area contributed by atoms with Crippen molar-refractivity contribution in [1.29, 1.82) is 0 Å². The lowest BCUT2D eigenvalue weighted by molar-refractivity contribution is 0.0326. The molecule has 4 rings (SSSR count). The van der Waals surface area contributed by atoms with Crippen molar-refractivity contribution in [3.05, 3.63) is 53.9 Å². The number of rotatable bonds is 6. The summed E-state index contributed by atoms with van der Waals surface area (Å²) in [5, 5.41) is 30.9. The van der Waals surface area contributed by atoms with Crippen LogP contribution in [0, 0.1) is 11.8 Å². The number of pyridine rings is 1. The van der Waals surface area contributed by atoms with Crippen LogP contribution >= 0.6 is 0 Å². The average molecular weight is 384 g/mol. The number of ether oxygens (including phenoxy) is 1. The highest BCUT2D eigenvalue weighted by Gasteiger charge is 2.48. The van der Waals surface area contributed by atoms with Gasteiger partial charge in [-0.15, -0.1) is 0 Å². The zero-order valence-electron chi connectivity index (χ0n) is 16.2. The molecule has 2 heterocycles. The molecule has 2 unspecified atom stereocenters. The number of aromatic hydroxyl groups is 1. The highest BCUT2D eigenvalue weighted by molar-refractivity contribution is 5.30. The predicted octanol–water partition coefficient (Wildman–Crippen LogP) is 2.14. The van der Waals surface area contributed by atoms with E-state index in [2.05, 4.69) is 9.88 Å². The van der Waals surface area contributed by atoms with E-state index < -0.39 is 11.7 Å². The predicted molar refractivity (Wildman–Crippen MR) is 105 cm³/mol. The molecule has 0 spiro atoms. The van der Waals surface area contributed by atoms with Crippen molar-refractivity contribution in [2.24, 2.45) is 11.8 Å². The number of methoxy groups -OCH3 is 1. The number of hydrogen-bond acceptors (Lipinski definition) is 6. The fourth-order valence-corrected chi connectivity index (χ4v) is 4.95. The lowest BCUT2D eigenvalue weighted by Gasteiger charge is -2.27. The van der Waals surface area contributed by atoms with Crippen LogP contribution in [0.15, 0.2) is 42.6 Å². The summed E-state index contributed by atoms with van der Waals surface area (Å²) in [5.41, 5.74) is 1.02. The van der Waals surface area contributed by atoms with Crippen LogP contribution in [0.25, 0.3) is 0 Å². The zero-order valence-corrected chi connectivity index (χ0v) is 16.2. The minimum absolute atomic E-state index is 0.0991. The Hall–Kier alpha value is -2.15. The number of aromatic nitrogens is 1. The summed E-state index contributed by atoms with van der Waals surface area (Å²) < 4.78 is 5.29. The Kier molecular flexibility index (Phi) is 5.27. The topological polar surface area (TPSA) is 86.1 Å². The molecule has 150 valence electrons. The number of benzene rings is 1. The van der Waals surface area contributed by atoms with E-state index in [0.717, 1.165) is 37.2 Å². The molecule has 4 atom stereocenters. The van der Waals surface area contributed by atoms with Crippen molar-refractivity contribution in [3.8, 4) is 11.5 Å². The monoisotopic (exact) mass is 384 g/mol. The molecule has 1 aromatic carbocycles. The number of fused-ring (bicyclic) bond motifs is 1. The number of aliphatic hydroxyl groups excluding tert-OH is 1. The standard InChI is InChI=1S/C22H28N2O4/c1-28-19-4-2-3-15(7-19)8-22(27)9-16-12-24(13-17(16)10-22)14-21(26)20-6-5-18(25)11-23-20/h2-7,11,16-17,21,25-27H,8-10,12-14H2,1H3/t16-,17+,21?,22?. The molecule has 1 aliphatic heterocycles. The Morgan fingerprint density at radius 1 is 1.21 bits per heavy atom. The highest BCUT2D eigenvalue weighted by atomic mass is 16.5. The lowest BCUT2D eigenvalue weighted by atomic mass is 9.91. The van der Waals surface area contributed by atoms with Crippen LogP contribution in [-0.2, 0) is 6.42 Å². The van der Waals surface area contributed by atoms with Crippen molar-refractivity contribution in [3.63, 3.8) is 0 Å². The number of nitrogens with zero attached hydrogens (tertiary/aromatic N) is 2. The van der Waals surface area contributed by atoms with Crippen molar-refractivity contribution >= 4 is 0 Å². The molecule has 6 nitrogen and oxygen atoms in total. The summed E-state index contributed by atoms with van der Waals surface area (Å²) >= 11 is 0. The van der Waals surface area contributed by atoms with Gasteiger partial charge in [0, 0.05) is 26.1 Å². The van der Waals surface area contributed by atoms with Crippen LogP contribution in [0.5, 0.6) is 11.5 Å². The second-order valence-corrected chi connectivity index (χ2v) is 8.36. The average Bonchev–Trinajstić information content (AvgIpc) is 3.16. The second kappa shape index (κ2) is 7.70. The molecule has 28 heavy (non-hydrogen) atoms. The van der Waals surface area contributed by atoms with Gasteiger partial charge in [-0.2, -0.15) is 0 Å². The van der Waals surface area contributed by atoms with Crippen LogP contribution < -0.4 is 4.74 Å². The van der Waals surface area contributed by atoms with Gasteiger partial charge in [0.05, 0.1) is 24.6 Å². The molecular formula is C22H28N2O4. The molecule has 1 saturated carbocycles.